The van der Waals surface area contributed by atoms with Crippen LogP contribution in [-0.4, -0.2) is 71.5 Å². The number of nitrogens with zero attached hydrogens (tertiary/aromatic N) is 4. The summed E-state index contributed by atoms with van der Waals surface area (Å²) >= 11 is 0. The van der Waals surface area contributed by atoms with E-state index in [0.717, 1.165) is 36.6 Å². The number of benzene rings is 1. The second-order valence-electron chi connectivity index (χ2n) is 6.64. The van der Waals surface area contributed by atoms with E-state index in [0.29, 0.717) is 0 Å². The maximum atomic E-state index is 9.60. The summed E-state index contributed by atoms with van der Waals surface area (Å²) in [7, 11) is 6.06. The van der Waals surface area contributed by atoms with Crippen molar-refractivity contribution in [1.82, 2.24) is 9.80 Å². The molecule has 2 N–H and O–H groups in total. The molecule has 0 fully saturated rings. The number of phenols is 2. The average molecular weight is 332 g/mol. The minimum absolute atomic E-state index is 0.0774. The summed E-state index contributed by atoms with van der Waals surface area (Å²) in [4.78, 5) is 13.8. The molecule has 0 aromatic heterocycles. The Kier molecular flexibility index (Phi) is 5.70. The van der Waals surface area contributed by atoms with Crippen LogP contribution in [0, 0.1) is 0 Å². The summed E-state index contributed by atoms with van der Waals surface area (Å²) < 4.78 is 0. The lowest BCUT2D eigenvalue weighted by Gasteiger charge is -2.23. The van der Waals surface area contributed by atoms with Gasteiger partial charge in [0.1, 0.15) is 11.7 Å². The second-order valence-corrected chi connectivity index (χ2v) is 6.64. The number of phenolic OH excluding ortho intramolecular Hbond substituents is 2. The van der Waals surface area contributed by atoms with Gasteiger partial charge in [-0.15, -0.1) is 0 Å². The Bertz CT molecular complexity index is 640. The summed E-state index contributed by atoms with van der Waals surface area (Å²) in [6.45, 7) is 4.98. The summed E-state index contributed by atoms with van der Waals surface area (Å²) in [5, 5.41) is 19.0. The zero-order valence-electron chi connectivity index (χ0n) is 15.2. The zero-order chi connectivity index (χ0) is 17.9. The monoisotopic (exact) mass is 332 g/mol. The van der Waals surface area contributed by atoms with Gasteiger partial charge in [0.15, 0.2) is 11.5 Å². The topological polar surface area (TPSA) is 71.7 Å². The number of amidine groups is 2. The lowest BCUT2D eigenvalue weighted by atomic mass is 10.1. The van der Waals surface area contributed by atoms with Crippen LogP contribution in [-0.2, 0) is 6.42 Å². The number of hydrogen-bond acceptors (Lipinski definition) is 6. The van der Waals surface area contributed by atoms with Gasteiger partial charge in [0, 0.05) is 27.7 Å². The van der Waals surface area contributed by atoms with Gasteiger partial charge in [-0.25, -0.2) is 0 Å². The average Bonchev–Trinajstić information content (AvgIpc) is 2.68. The highest BCUT2D eigenvalue weighted by atomic mass is 16.3. The van der Waals surface area contributed by atoms with Crippen LogP contribution in [0.1, 0.15) is 25.8 Å². The van der Waals surface area contributed by atoms with Gasteiger partial charge in [-0.05, 0) is 38.0 Å². The summed E-state index contributed by atoms with van der Waals surface area (Å²) in [5.74, 6) is 1.91. The zero-order valence-corrected chi connectivity index (χ0v) is 15.2. The lowest BCUT2D eigenvalue weighted by Crippen LogP contribution is -2.34. The molecule has 0 saturated heterocycles. The van der Waals surface area contributed by atoms with Crippen LogP contribution in [0.2, 0.25) is 0 Å². The first-order valence-corrected chi connectivity index (χ1v) is 8.30. The lowest BCUT2D eigenvalue weighted by molar-refractivity contribution is 0.402. The van der Waals surface area contributed by atoms with Crippen LogP contribution in [0.5, 0.6) is 11.5 Å². The molecule has 0 amide bonds. The van der Waals surface area contributed by atoms with Gasteiger partial charge in [0.05, 0.1) is 18.5 Å². The standard InChI is InChI=1S/C18H28N4O2/c1-12-13(2)20-18(11-17(19-12)21(3)4)22(5)9-8-14-6-7-15(23)16(24)10-14/h6-7,10,12-13,23-24H,8-9,11H2,1-5H3. The Morgan fingerprint density at radius 1 is 1.00 bits per heavy atom. The summed E-state index contributed by atoms with van der Waals surface area (Å²) in [6, 6.07) is 5.28. The van der Waals surface area contributed by atoms with Crippen molar-refractivity contribution in [3.05, 3.63) is 23.8 Å². The SMILES string of the molecule is CC1N=C(N(C)C)CC(N(C)CCc2ccc(O)c(O)c2)=NC1C. The fraction of sp³-hybridized carbons (Fsp3) is 0.556. The van der Waals surface area contributed by atoms with Gasteiger partial charge in [-0.3, -0.25) is 9.98 Å². The Hall–Kier alpha value is -2.24. The van der Waals surface area contributed by atoms with E-state index in [-0.39, 0.29) is 23.6 Å². The highest BCUT2D eigenvalue weighted by molar-refractivity contribution is 6.02. The van der Waals surface area contributed by atoms with Crippen LogP contribution in [0.3, 0.4) is 0 Å². The fourth-order valence-electron chi connectivity index (χ4n) is 2.58. The van der Waals surface area contributed by atoms with Gasteiger partial charge >= 0.3 is 0 Å². The highest BCUT2D eigenvalue weighted by Crippen LogP contribution is 2.25. The predicted octanol–water partition coefficient (Wildman–Crippen LogP) is 2.11. The quantitative estimate of drug-likeness (QED) is 0.832. The highest BCUT2D eigenvalue weighted by Gasteiger charge is 2.21. The van der Waals surface area contributed by atoms with Gasteiger partial charge in [-0.2, -0.15) is 0 Å². The van der Waals surface area contributed by atoms with Crippen molar-refractivity contribution in [3.63, 3.8) is 0 Å². The molecule has 1 aromatic rings. The smallest absolute Gasteiger partial charge is 0.157 e. The van der Waals surface area contributed by atoms with Crippen molar-refractivity contribution in [3.8, 4) is 11.5 Å². The number of likely N-dealkylation sites (N-methyl/N-ethyl adjacent to an activating group) is 1. The molecule has 0 bridgehead atoms. The molecule has 2 rings (SSSR count). The van der Waals surface area contributed by atoms with Crippen LogP contribution >= 0.6 is 0 Å². The van der Waals surface area contributed by atoms with E-state index >= 15 is 0 Å². The van der Waals surface area contributed by atoms with E-state index in [9.17, 15) is 10.2 Å². The molecule has 2 atom stereocenters. The van der Waals surface area contributed by atoms with Crippen molar-refractivity contribution in [2.45, 2.75) is 38.8 Å². The van der Waals surface area contributed by atoms with Crippen molar-refractivity contribution < 1.29 is 10.2 Å². The van der Waals surface area contributed by atoms with Gasteiger partial charge < -0.3 is 20.0 Å². The molecule has 0 saturated carbocycles. The molecule has 1 aromatic carbocycles. The minimum atomic E-state index is -0.0881. The number of rotatable bonds is 3. The first-order chi connectivity index (χ1) is 11.3. The third-order valence-electron chi connectivity index (χ3n) is 4.45. The molecule has 1 heterocycles. The normalized spacial score (nSPS) is 20.9. The van der Waals surface area contributed by atoms with Gasteiger partial charge in [-0.1, -0.05) is 6.07 Å². The molecule has 0 aliphatic carbocycles. The Morgan fingerprint density at radius 2 is 1.62 bits per heavy atom. The Labute approximate surface area is 144 Å². The Balaban J connectivity index is 2.07. The van der Waals surface area contributed by atoms with Crippen LogP contribution in [0.4, 0.5) is 0 Å². The molecule has 2 unspecified atom stereocenters. The van der Waals surface area contributed by atoms with Crippen LogP contribution in [0.25, 0.3) is 0 Å². The minimum Gasteiger partial charge on any atom is -0.504 e. The van der Waals surface area contributed by atoms with E-state index < -0.39 is 0 Å². The Morgan fingerprint density at radius 3 is 2.21 bits per heavy atom. The molecular weight excluding hydrogens is 304 g/mol. The van der Waals surface area contributed by atoms with Crippen molar-refractivity contribution in [1.29, 1.82) is 0 Å². The first kappa shape index (κ1) is 18.1. The largest absolute Gasteiger partial charge is 0.504 e. The van der Waals surface area contributed by atoms with Crippen molar-refractivity contribution >= 4 is 11.7 Å². The van der Waals surface area contributed by atoms with E-state index in [1.54, 1.807) is 6.07 Å². The number of aliphatic imine (C=N–C) groups is 2. The maximum absolute atomic E-state index is 9.60. The van der Waals surface area contributed by atoms with Gasteiger partial charge in [0.25, 0.3) is 0 Å². The van der Waals surface area contributed by atoms with Crippen molar-refractivity contribution in [2.75, 3.05) is 27.7 Å². The van der Waals surface area contributed by atoms with Crippen LogP contribution < -0.4 is 0 Å². The summed E-state index contributed by atoms with van der Waals surface area (Å²) in [6.07, 6.45) is 1.49. The molecule has 1 aliphatic rings. The predicted molar refractivity (Wildman–Crippen MR) is 98.2 cm³/mol. The molecule has 24 heavy (non-hydrogen) atoms. The third-order valence-corrected chi connectivity index (χ3v) is 4.45. The summed E-state index contributed by atoms with van der Waals surface area (Å²) in [5.41, 5.74) is 0.981. The van der Waals surface area contributed by atoms with Crippen LogP contribution in [0.15, 0.2) is 28.2 Å². The van der Waals surface area contributed by atoms with E-state index in [4.69, 9.17) is 9.98 Å². The van der Waals surface area contributed by atoms with E-state index in [1.165, 1.54) is 6.07 Å². The molecule has 1 aliphatic heterocycles. The fourth-order valence-corrected chi connectivity index (χ4v) is 2.58. The van der Waals surface area contributed by atoms with E-state index in [1.807, 2.05) is 27.2 Å². The molecule has 132 valence electrons. The van der Waals surface area contributed by atoms with Gasteiger partial charge in [0.2, 0.25) is 0 Å². The molecule has 0 spiro atoms. The third kappa shape index (κ3) is 4.40. The second kappa shape index (κ2) is 7.55. The van der Waals surface area contributed by atoms with Crippen molar-refractivity contribution in [2.24, 2.45) is 9.98 Å². The molecular formula is C18H28N4O2. The number of aromatic hydroxyl groups is 2. The molecule has 6 heteroatoms. The first-order valence-electron chi connectivity index (χ1n) is 8.30. The molecule has 0 radical (unpaired) electrons. The molecule has 6 nitrogen and oxygen atoms in total. The maximum Gasteiger partial charge on any atom is 0.157 e. The van der Waals surface area contributed by atoms with E-state index in [2.05, 4.69) is 23.6 Å². The number of hydrogen-bond donors (Lipinski definition) is 2.